The number of rotatable bonds is 48. The van der Waals surface area contributed by atoms with Gasteiger partial charge in [0.2, 0.25) is 0 Å². The van der Waals surface area contributed by atoms with E-state index in [4.69, 9.17) is 23.6 Å². The Balaban J connectivity index is 4.05. The zero-order valence-electron chi connectivity index (χ0n) is 38.5. The second-order valence-corrected chi connectivity index (χ2v) is 18.3. The predicted octanol–water partition coefficient (Wildman–Crippen LogP) is 14.2. The Hall–Kier alpha value is -1.06. The molecule has 0 amide bonds. The van der Waals surface area contributed by atoms with Gasteiger partial charge in [-0.2, -0.15) is 0 Å². The number of esters is 1. The van der Waals surface area contributed by atoms with Crippen LogP contribution in [0.15, 0.2) is 24.3 Å². The molecule has 9 nitrogen and oxygen atoms in total. The van der Waals surface area contributed by atoms with Gasteiger partial charge in [-0.1, -0.05) is 192 Å². The highest BCUT2D eigenvalue weighted by molar-refractivity contribution is 7.47. The van der Waals surface area contributed by atoms with E-state index >= 15 is 0 Å². The van der Waals surface area contributed by atoms with Crippen LogP contribution in [0.5, 0.6) is 0 Å². The number of allylic oxidation sites excluding steroid dienone is 4. The molecule has 0 aliphatic rings. The van der Waals surface area contributed by atoms with Crippen molar-refractivity contribution >= 4 is 13.8 Å². The molecule has 0 fully saturated rings. The molecular formula is C49H95O9P. The summed E-state index contributed by atoms with van der Waals surface area (Å²) < 4.78 is 33.5. The van der Waals surface area contributed by atoms with E-state index in [2.05, 4.69) is 38.2 Å². The number of aliphatic hydroxyl groups excluding tert-OH is 2. The molecule has 0 saturated heterocycles. The van der Waals surface area contributed by atoms with Crippen LogP contribution in [0.4, 0.5) is 0 Å². The molecule has 350 valence electrons. The zero-order valence-corrected chi connectivity index (χ0v) is 39.4. The largest absolute Gasteiger partial charge is 0.472 e. The molecule has 0 rings (SSSR count). The number of carbonyl (C=O) groups excluding carboxylic acids is 1. The van der Waals surface area contributed by atoms with Crippen molar-refractivity contribution in [3.05, 3.63) is 24.3 Å². The van der Waals surface area contributed by atoms with Gasteiger partial charge in [0, 0.05) is 13.0 Å². The molecule has 0 radical (unpaired) electrons. The Morgan fingerprint density at radius 3 is 1.27 bits per heavy atom. The van der Waals surface area contributed by atoms with Crippen LogP contribution in [0.1, 0.15) is 239 Å². The number of phosphoric acid groups is 1. The molecule has 0 aliphatic heterocycles. The summed E-state index contributed by atoms with van der Waals surface area (Å²) in [7, 11) is -4.52. The summed E-state index contributed by atoms with van der Waals surface area (Å²) >= 11 is 0. The van der Waals surface area contributed by atoms with Crippen LogP contribution in [0.25, 0.3) is 0 Å². The third kappa shape index (κ3) is 46.3. The van der Waals surface area contributed by atoms with E-state index < -0.39 is 33.2 Å². The minimum Gasteiger partial charge on any atom is -0.457 e. The molecule has 3 atom stereocenters. The number of hydrogen-bond acceptors (Lipinski definition) is 8. The van der Waals surface area contributed by atoms with E-state index in [0.29, 0.717) is 6.61 Å². The van der Waals surface area contributed by atoms with Gasteiger partial charge in [0.05, 0.1) is 26.4 Å². The first-order valence-corrected chi connectivity index (χ1v) is 26.3. The van der Waals surface area contributed by atoms with E-state index in [-0.39, 0.29) is 25.6 Å². The molecule has 0 aliphatic carbocycles. The van der Waals surface area contributed by atoms with Gasteiger partial charge >= 0.3 is 13.8 Å². The lowest BCUT2D eigenvalue weighted by Crippen LogP contribution is -2.29. The fourth-order valence-corrected chi connectivity index (χ4v) is 7.84. The maximum absolute atomic E-state index is 12.7. The van der Waals surface area contributed by atoms with Crippen molar-refractivity contribution < 1.29 is 43.0 Å². The molecule has 0 aromatic carbocycles. The molecule has 10 heteroatoms. The van der Waals surface area contributed by atoms with Gasteiger partial charge < -0.3 is 24.6 Å². The van der Waals surface area contributed by atoms with E-state index in [1.54, 1.807) is 0 Å². The first kappa shape index (κ1) is 57.9. The summed E-state index contributed by atoms with van der Waals surface area (Å²) in [6, 6.07) is 0. The van der Waals surface area contributed by atoms with Crippen LogP contribution in [0.3, 0.4) is 0 Å². The van der Waals surface area contributed by atoms with Crippen LogP contribution >= 0.6 is 7.82 Å². The molecular weight excluding hydrogens is 764 g/mol. The van der Waals surface area contributed by atoms with Gasteiger partial charge in [0.15, 0.2) is 0 Å². The third-order valence-electron chi connectivity index (χ3n) is 10.9. The second-order valence-electron chi connectivity index (χ2n) is 16.8. The van der Waals surface area contributed by atoms with Crippen molar-refractivity contribution in [1.29, 1.82) is 0 Å². The number of aliphatic hydroxyl groups is 2. The highest BCUT2D eigenvalue weighted by Gasteiger charge is 2.26. The van der Waals surface area contributed by atoms with Crippen LogP contribution in [0, 0.1) is 0 Å². The van der Waals surface area contributed by atoms with Crippen LogP contribution in [0.2, 0.25) is 0 Å². The van der Waals surface area contributed by atoms with Gasteiger partial charge in [-0.25, -0.2) is 4.57 Å². The van der Waals surface area contributed by atoms with E-state index in [1.807, 2.05) is 0 Å². The topological polar surface area (TPSA) is 132 Å². The average molecular weight is 859 g/mol. The molecule has 59 heavy (non-hydrogen) atoms. The molecule has 3 N–H and O–H groups in total. The summed E-state index contributed by atoms with van der Waals surface area (Å²) in [4.78, 5) is 22.7. The third-order valence-corrected chi connectivity index (χ3v) is 11.8. The van der Waals surface area contributed by atoms with Crippen LogP contribution < -0.4 is 0 Å². The lowest BCUT2D eigenvalue weighted by atomic mass is 10.0. The maximum atomic E-state index is 12.7. The van der Waals surface area contributed by atoms with E-state index in [9.17, 15) is 19.4 Å². The number of hydrogen-bond donors (Lipinski definition) is 3. The lowest BCUT2D eigenvalue weighted by Gasteiger charge is -2.20. The number of unbranched alkanes of at least 4 members (excludes halogenated alkanes) is 30. The van der Waals surface area contributed by atoms with Gasteiger partial charge in [-0.15, -0.1) is 0 Å². The standard InChI is InChI=1S/C49H95O9P/c1-3-5-7-9-11-13-15-17-19-20-21-22-23-24-25-26-27-29-31-33-35-37-39-41-49(52)58-48(46-57-59(53,54)56-44-47(51)43-50)45-55-42-40-38-36-34-32-30-28-18-16-14-12-10-8-6-4-2/h16,18,20-21,47-48,50-51H,3-15,17,19,22-46H2,1-2H3,(H,53,54)/b18-16-,21-20-. The van der Waals surface area contributed by atoms with Gasteiger partial charge in [0.25, 0.3) is 0 Å². The van der Waals surface area contributed by atoms with E-state index in [1.165, 1.54) is 173 Å². The number of carbonyl (C=O) groups is 1. The fraction of sp³-hybridized carbons (Fsp3) is 0.898. The van der Waals surface area contributed by atoms with Crippen molar-refractivity contribution in [2.24, 2.45) is 0 Å². The predicted molar refractivity (Wildman–Crippen MR) is 247 cm³/mol. The summed E-state index contributed by atoms with van der Waals surface area (Å²) in [6.45, 7) is 3.54. The van der Waals surface area contributed by atoms with Crippen LogP contribution in [-0.4, -0.2) is 66.3 Å². The highest BCUT2D eigenvalue weighted by Crippen LogP contribution is 2.43. The SMILES string of the molecule is CCCCCCC/C=C\CCCCCCCCOCC(COP(=O)(O)OCC(O)CO)OC(=O)CCCCCCCCCCCCC/C=C\CCCCCCCCCC. The minimum absolute atomic E-state index is 0.0480. The first-order valence-electron chi connectivity index (χ1n) is 24.8. The summed E-state index contributed by atoms with van der Waals surface area (Å²) in [6.07, 6.45) is 50.0. The van der Waals surface area contributed by atoms with Gasteiger partial charge in [0.1, 0.15) is 12.2 Å². The fourth-order valence-electron chi connectivity index (χ4n) is 7.05. The van der Waals surface area contributed by atoms with Crippen molar-refractivity contribution in [3.63, 3.8) is 0 Å². The van der Waals surface area contributed by atoms with Crippen molar-refractivity contribution in [2.75, 3.05) is 33.0 Å². The van der Waals surface area contributed by atoms with Gasteiger partial charge in [-0.3, -0.25) is 13.8 Å². The number of phosphoric ester groups is 1. The molecule has 0 saturated carbocycles. The van der Waals surface area contributed by atoms with Crippen LogP contribution in [-0.2, 0) is 27.9 Å². The first-order chi connectivity index (χ1) is 28.8. The average Bonchev–Trinajstić information content (AvgIpc) is 3.23. The quantitative estimate of drug-likeness (QED) is 0.0237. The van der Waals surface area contributed by atoms with E-state index in [0.717, 1.165) is 44.9 Å². The molecule has 0 aromatic heterocycles. The molecule has 0 heterocycles. The normalized spacial score (nSPS) is 14.1. The summed E-state index contributed by atoms with van der Waals surface area (Å²) in [5, 5.41) is 18.4. The Bertz CT molecular complexity index is 975. The second kappa shape index (κ2) is 46.4. The Morgan fingerprint density at radius 1 is 0.508 bits per heavy atom. The smallest absolute Gasteiger partial charge is 0.457 e. The summed E-state index contributed by atoms with van der Waals surface area (Å²) in [5.74, 6) is -0.382. The molecule has 0 aromatic rings. The number of ether oxygens (including phenoxy) is 2. The Labute approximate surface area is 363 Å². The molecule has 0 spiro atoms. The van der Waals surface area contributed by atoms with Crippen molar-refractivity contribution in [2.45, 2.75) is 251 Å². The Morgan fingerprint density at radius 2 is 0.864 bits per heavy atom. The molecule has 0 bridgehead atoms. The monoisotopic (exact) mass is 859 g/mol. The Kier molecular flexibility index (Phi) is 45.6. The highest BCUT2D eigenvalue weighted by atomic mass is 31.2. The maximum Gasteiger partial charge on any atom is 0.472 e. The summed E-state index contributed by atoms with van der Waals surface area (Å²) in [5.41, 5.74) is 0. The van der Waals surface area contributed by atoms with Crippen molar-refractivity contribution in [1.82, 2.24) is 0 Å². The van der Waals surface area contributed by atoms with Gasteiger partial charge in [-0.05, 0) is 64.2 Å². The van der Waals surface area contributed by atoms with Crippen molar-refractivity contribution in [3.8, 4) is 0 Å². The minimum atomic E-state index is -4.52. The lowest BCUT2D eigenvalue weighted by molar-refractivity contribution is -0.154. The molecule has 3 unspecified atom stereocenters. The zero-order chi connectivity index (χ0) is 43.2.